The molecule has 1 atom stereocenters. The first kappa shape index (κ1) is 19.1. The highest BCUT2D eigenvalue weighted by molar-refractivity contribution is 9.10. The van der Waals surface area contributed by atoms with E-state index in [1.807, 2.05) is 6.92 Å². The Balaban J connectivity index is 2.40. The number of aryl methyl sites for hydroxylation is 2. The van der Waals surface area contributed by atoms with Gasteiger partial charge in [0.1, 0.15) is 5.69 Å². The Bertz CT molecular complexity index is 784. The third-order valence-corrected chi connectivity index (χ3v) is 4.45. The van der Waals surface area contributed by atoms with E-state index in [2.05, 4.69) is 21.0 Å². The first-order chi connectivity index (χ1) is 11.7. The van der Waals surface area contributed by atoms with Crippen LogP contribution in [0.2, 0.25) is 0 Å². The molecule has 7 nitrogen and oxygen atoms in total. The van der Waals surface area contributed by atoms with Gasteiger partial charge in [-0.25, -0.2) is 4.79 Å². The molecule has 0 aliphatic heterocycles. The maximum atomic E-state index is 12.6. The lowest BCUT2D eigenvalue weighted by atomic mass is 9.92. The van der Waals surface area contributed by atoms with E-state index in [1.165, 1.54) is 18.5 Å². The first-order valence-corrected chi connectivity index (χ1v) is 8.61. The van der Waals surface area contributed by atoms with E-state index in [0.717, 1.165) is 4.47 Å². The Morgan fingerprint density at radius 1 is 1.40 bits per heavy atom. The van der Waals surface area contributed by atoms with Crippen LogP contribution in [-0.4, -0.2) is 26.2 Å². The molecule has 0 N–H and O–H groups in total. The van der Waals surface area contributed by atoms with Crippen molar-refractivity contribution in [3.05, 3.63) is 61.9 Å². The van der Waals surface area contributed by atoms with Crippen LogP contribution in [0.25, 0.3) is 0 Å². The minimum atomic E-state index is -1.49. The molecule has 0 aliphatic rings. The summed E-state index contributed by atoms with van der Waals surface area (Å²) in [4.78, 5) is 23.7. The van der Waals surface area contributed by atoms with Crippen molar-refractivity contribution in [1.29, 1.82) is 0 Å². The van der Waals surface area contributed by atoms with Crippen LogP contribution in [0, 0.1) is 17.0 Å². The van der Waals surface area contributed by atoms with Crippen LogP contribution in [0.4, 0.5) is 0 Å². The largest absolute Gasteiger partial charge is 0.445 e. The summed E-state index contributed by atoms with van der Waals surface area (Å²) in [5.74, 6) is -0.634. The SMILES string of the molecule is CCn1nc(C)cc1C(=O)O[C@H](c1ccc(Br)cc1)C(C)(C)[N+](=O)[O-]. The highest BCUT2D eigenvalue weighted by Crippen LogP contribution is 2.33. The molecule has 2 rings (SSSR count). The third-order valence-electron chi connectivity index (χ3n) is 3.92. The molecule has 0 radical (unpaired) electrons. The molecule has 0 fully saturated rings. The predicted molar refractivity (Wildman–Crippen MR) is 96.0 cm³/mol. The first-order valence-electron chi connectivity index (χ1n) is 7.82. The van der Waals surface area contributed by atoms with Gasteiger partial charge in [-0.2, -0.15) is 5.10 Å². The zero-order valence-electron chi connectivity index (χ0n) is 14.5. The lowest BCUT2D eigenvalue weighted by Crippen LogP contribution is -2.40. The van der Waals surface area contributed by atoms with Crippen molar-refractivity contribution in [2.75, 3.05) is 0 Å². The number of halogens is 1. The molecule has 1 aromatic carbocycles. The second-order valence-electron chi connectivity index (χ2n) is 6.23. The van der Waals surface area contributed by atoms with Gasteiger partial charge < -0.3 is 4.74 Å². The Morgan fingerprint density at radius 2 is 2.00 bits per heavy atom. The van der Waals surface area contributed by atoms with Crippen LogP contribution in [-0.2, 0) is 11.3 Å². The quantitative estimate of drug-likeness (QED) is 0.409. The molecule has 0 unspecified atom stereocenters. The topological polar surface area (TPSA) is 87.3 Å². The number of ether oxygens (including phenoxy) is 1. The molecule has 1 heterocycles. The van der Waals surface area contributed by atoms with Crippen LogP contribution >= 0.6 is 15.9 Å². The van der Waals surface area contributed by atoms with Gasteiger partial charge in [-0.3, -0.25) is 14.8 Å². The van der Waals surface area contributed by atoms with Crippen molar-refractivity contribution in [3.8, 4) is 0 Å². The normalized spacial score (nSPS) is 12.7. The second kappa shape index (κ2) is 7.35. The van der Waals surface area contributed by atoms with Crippen molar-refractivity contribution >= 4 is 21.9 Å². The molecule has 0 amide bonds. The number of esters is 1. The number of carbonyl (C=O) groups excluding carboxylic acids is 1. The van der Waals surface area contributed by atoms with Gasteiger partial charge in [0.2, 0.25) is 0 Å². The number of nitrogens with zero attached hydrogens (tertiary/aromatic N) is 3. The number of benzene rings is 1. The summed E-state index contributed by atoms with van der Waals surface area (Å²) in [6, 6.07) is 8.54. The molecule has 8 heteroatoms. The lowest BCUT2D eigenvalue weighted by molar-refractivity contribution is -0.574. The van der Waals surface area contributed by atoms with Crippen LogP contribution in [0.1, 0.15) is 48.6 Å². The van der Waals surface area contributed by atoms with Gasteiger partial charge in [0.15, 0.2) is 6.10 Å². The molecule has 0 aliphatic carbocycles. The number of hydrogen-bond acceptors (Lipinski definition) is 5. The third kappa shape index (κ3) is 4.07. The standard InChI is InChI=1S/C17H20BrN3O4/c1-5-20-14(10-11(2)19-20)16(22)25-15(17(3,4)21(23)24)12-6-8-13(18)9-7-12/h6-10,15H,5H2,1-4H3/t15-/m1/s1. The summed E-state index contributed by atoms with van der Waals surface area (Å²) in [6.07, 6.45) is -1.04. The van der Waals surface area contributed by atoms with E-state index < -0.39 is 22.5 Å². The zero-order valence-corrected chi connectivity index (χ0v) is 16.1. The number of rotatable bonds is 6. The molecule has 25 heavy (non-hydrogen) atoms. The van der Waals surface area contributed by atoms with Gasteiger partial charge in [-0.1, -0.05) is 28.1 Å². The predicted octanol–water partition coefficient (Wildman–Crippen LogP) is 3.93. The fraction of sp³-hybridized carbons (Fsp3) is 0.412. The summed E-state index contributed by atoms with van der Waals surface area (Å²) in [5, 5.41) is 15.8. The van der Waals surface area contributed by atoms with E-state index in [4.69, 9.17) is 4.74 Å². The molecule has 0 bridgehead atoms. The molecule has 2 aromatic rings. The average Bonchev–Trinajstić information content (AvgIpc) is 2.94. The minimum absolute atomic E-state index is 0.279. The van der Waals surface area contributed by atoms with Gasteiger partial charge in [-0.05, 0) is 37.6 Å². The maximum Gasteiger partial charge on any atom is 0.357 e. The van der Waals surface area contributed by atoms with E-state index in [1.54, 1.807) is 37.3 Å². The smallest absolute Gasteiger partial charge is 0.357 e. The van der Waals surface area contributed by atoms with Crippen LogP contribution < -0.4 is 0 Å². The molecule has 0 saturated heterocycles. The van der Waals surface area contributed by atoms with Crippen molar-refractivity contribution in [3.63, 3.8) is 0 Å². The highest BCUT2D eigenvalue weighted by atomic mass is 79.9. The van der Waals surface area contributed by atoms with Crippen molar-refractivity contribution in [1.82, 2.24) is 9.78 Å². The molecular weight excluding hydrogens is 390 g/mol. The number of carbonyl (C=O) groups is 1. The molecule has 1 aromatic heterocycles. The summed E-state index contributed by atoms with van der Waals surface area (Å²) < 4.78 is 7.94. The molecule has 0 spiro atoms. The lowest BCUT2D eigenvalue weighted by Gasteiger charge is -2.27. The van der Waals surface area contributed by atoms with Gasteiger partial charge in [-0.15, -0.1) is 0 Å². The Morgan fingerprint density at radius 3 is 2.52 bits per heavy atom. The Labute approximate surface area is 154 Å². The number of hydrogen-bond donors (Lipinski definition) is 0. The van der Waals surface area contributed by atoms with Gasteiger partial charge >= 0.3 is 5.97 Å². The van der Waals surface area contributed by atoms with Gasteiger partial charge in [0, 0.05) is 29.8 Å². The van der Waals surface area contributed by atoms with E-state index >= 15 is 0 Å². The van der Waals surface area contributed by atoms with Crippen LogP contribution in [0.3, 0.4) is 0 Å². The Hall–Kier alpha value is -2.22. The van der Waals surface area contributed by atoms with E-state index in [0.29, 0.717) is 17.8 Å². The molecular formula is C17H20BrN3O4. The summed E-state index contributed by atoms with van der Waals surface area (Å²) in [5.41, 5.74) is 0.0246. The monoisotopic (exact) mass is 409 g/mol. The number of aromatic nitrogens is 2. The zero-order chi connectivity index (χ0) is 18.8. The minimum Gasteiger partial charge on any atom is -0.445 e. The van der Waals surface area contributed by atoms with Gasteiger partial charge in [0.05, 0.1) is 5.69 Å². The summed E-state index contributed by atoms with van der Waals surface area (Å²) >= 11 is 3.33. The van der Waals surface area contributed by atoms with Gasteiger partial charge in [0.25, 0.3) is 5.54 Å². The van der Waals surface area contributed by atoms with Crippen molar-refractivity contribution in [2.45, 2.75) is 45.9 Å². The maximum absolute atomic E-state index is 12.6. The second-order valence-corrected chi connectivity index (χ2v) is 7.15. The summed E-state index contributed by atoms with van der Waals surface area (Å²) in [7, 11) is 0. The van der Waals surface area contributed by atoms with Crippen molar-refractivity contribution in [2.24, 2.45) is 0 Å². The fourth-order valence-electron chi connectivity index (χ4n) is 2.47. The van der Waals surface area contributed by atoms with Crippen LogP contribution in [0.15, 0.2) is 34.8 Å². The van der Waals surface area contributed by atoms with E-state index in [9.17, 15) is 14.9 Å². The van der Waals surface area contributed by atoms with Crippen molar-refractivity contribution < 1.29 is 14.5 Å². The molecule has 0 saturated carbocycles. The molecule has 134 valence electrons. The average molecular weight is 410 g/mol. The fourth-order valence-corrected chi connectivity index (χ4v) is 2.74. The Kier molecular flexibility index (Phi) is 5.62. The summed E-state index contributed by atoms with van der Waals surface area (Å²) in [6.45, 7) is 7.01. The highest BCUT2D eigenvalue weighted by Gasteiger charge is 2.45. The van der Waals surface area contributed by atoms with Crippen LogP contribution in [0.5, 0.6) is 0 Å². The number of nitro groups is 1. The van der Waals surface area contributed by atoms with E-state index in [-0.39, 0.29) is 5.69 Å².